The van der Waals surface area contributed by atoms with Crippen LogP contribution in [0.2, 0.25) is 0 Å². The Morgan fingerprint density at radius 1 is 0.846 bits per heavy atom. The molecule has 0 aromatic heterocycles. The summed E-state index contributed by atoms with van der Waals surface area (Å²) < 4.78 is 23.9. The van der Waals surface area contributed by atoms with Gasteiger partial charge < -0.3 is 29.2 Å². The van der Waals surface area contributed by atoms with Crippen molar-refractivity contribution < 1.29 is 29.2 Å². The van der Waals surface area contributed by atoms with Crippen LogP contribution >= 0.6 is 0 Å². The zero-order chi connectivity index (χ0) is 17.9. The summed E-state index contributed by atoms with van der Waals surface area (Å²) in [4.78, 5) is 0. The molecule has 2 fully saturated rings. The van der Waals surface area contributed by atoms with Crippen molar-refractivity contribution in [2.45, 2.75) is 37.0 Å². The van der Waals surface area contributed by atoms with E-state index in [1.165, 1.54) is 0 Å². The molecule has 0 amide bonds. The maximum absolute atomic E-state index is 10.3. The molecule has 2 N–H and O–H groups in total. The van der Waals surface area contributed by atoms with Crippen molar-refractivity contribution in [2.75, 3.05) is 13.2 Å². The number of benzene rings is 2. The van der Waals surface area contributed by atoms with Gasteiger partial charge in [0.05, 0.1) is 13.2 Å². The first-order chi connectivity index (χ1) is 12.8. The zero-order valence-corrected chi connectivity index (χ0v) is 14.2. The fourth-order valence-electron chi connectivity index (χ4n) is 3.33. The summed E-state index contributed by atoms with van der Waals surface area (Å²) in [5.41, 5.74) is 1.72. The summed E-state index contributed by atoms with van der Waals surface area (Å²) in [6.45, 7) is -0.110. The average molecular weight is 358 g/mol. The van der Waals surface area contributed by atoms with E-state index in [0.29, 0.717) is 6.61 Å². The Kier molecular flexibility index (Phi) is 5.31. The van der Waals surface area contributed by atoms with E-state index in [9.17, 15) is 10.2 Å². The van der Waals surface area contributed by atoms with Gasteiger partial charge in [0, 0.05) is 11.1 Å². The third-order valence-corrected chi connectivity index (χ3v) is 4.67. The van der Waals surface area contributed by atoms with Gasteiger partial charge in [0.2, 0.25) is 0 Å². The van der Waals surface area contributed by atoms with Crippen LogP contribution in [-0.2, 0) is 18.9 Å². The van der Waals surface area contributed by atoms with Crippen LogP contribution in [0.3, 0.4) is 0 Å². The number of aliphatic hydroxyl groups is 2. The Bertz CT molecular complexity index is 692. The minimum atomic E-state index is -1.08. The van der Waals surface area contributed by atoms with Crippen molar-refractivity contribution in [1.29, 1.82) is 0 Å². The van der Waals surface area contributed by atoms with Gasteiger partial charge in [-0.1, -0.05) is 60.7 Å². The fraction of sp³-hybridized carbons (Fsp3) is 0.400. The van der Waals surface area contributed by atoms with Gasteiger partial charge in [-0.15, -0.1) is 0 Å². The topological polar surface area (TPSA) is 77.4 Å². The molecule has 6 atom stereocenters. The van der Waals surface area contributed by atoms with Crippen LogP contribution in [0, 0.1) is 0 Å². The first-order valence-corrected chi connectivity index (χ1v) is 8.73. The molecule has 6 nitrogen and oxygen atoms in total. The van der Waals surface area contributed by atoms with E-state index < -0.39 is 43.6 Å². The van der Waals surface area contributed by atoms with Crippen molar-refractivity contribution in [3.63, 3.8) is 0 Å². The lowest BCUT2D eigenvalue weighted by molar-refractivity contribution is -0.373. The molecule has 0 saturated carbocycles. The summed E-state index contributed by atoms with van der Waals surface area (Å²) in [5.74, 6) is 0. The Hall–Kier alpha value is -1.80. The first-order valence-electron chi connectivity index (χ1n) is 8.73. The molecular weight excluding hydrogens is 336 g/mol. The van der Waals surface area contributed by atoms with E-state index in [0.717, 1.165) is 11.1 Å². The second kappa shape index (κ2) is 7.84. The van der Waals surface area contributed by atoms with Crippen molar-refractivity contribution >= 4 is 0 Å². The summed E-state index contributed by atoms with van der Waals surface area (Å²) in [6, 6.07) is 19.1. The number of hydrogen-bond donors (Lipinski definition) is 2. The van der Waals surface area contributed by atoms with Crippen molar-refractivity contribution in [2.24, 2.45) is 0 Å². The normalized spacial score (nSPS) is 32.6. The highest BCUT2D eigenvalue weighted by Gasteiger charge is 2.48. The first kappa shape index (κ1) is 17.6. The highest BCUT2D eigenvalue weighted by Crippen LogP contribution is 2.38. The lowest BCUT2D eigenvalue weighted by atomic mass is 9.99. The van der Waals surface area contributed by atoms with Crippen LogP contribution in [0.4, 0.5) is 0 Å². The molecule has 2 aromatic rings. The summed E-state index contributed by atoms with van der Waals surface area (Å²) in [5, 5.41) is 19.8. The van der Waals surface area contributed by atoms with Crippen LogP contribution in [0.5, 0.6) is 0 Å². The van der Waals surface area contributed by atoms with Gasteiger partial charge >= 0.3 is 0 Å². The van der Waals surface area contributed by atoms with Crippen LogP contribution < -0.4 is 0 Å². The standard InChI is InChI=1S/C20H22O6/c21-11-15(22)17-18-16(24-20(25-17)14-9-5-2-6-10-14)12-23-19(26-18)13-7-3-1-4-8-13/h1-10,15-22H,11-12H2/t15-,16-,17-,18+,19?,20?/m1/s1. The number of hydrogen-bond acceptors (Lipinski definition) is 6. The second-order valence-corrected chi connectivity index (χ2v) is 6.44. The monoisotopic (exact) mass is 358 g/mol. The van der Waals surface area contributed by atoms with E-state index in [1.54, 1.807) is 0 Å². The minimum absolute atomic E-state index is 0.311. The molecule has 4 rings (SSSR count). The van der Waals surface area contributed by atoms with Gasteiger partial charge in [0.25, 0.3) is 0 Å². The zero-order valence-electron chi connectivity index (χ0n) is 14.2. The Morgan fingerprint density at radius 3 is 2.08 bits per heavy atom. The maximum Gasteiger partial charge on any atom is 0.184 e. The molecule has 2 aromatic carbocycles. The predicted octanol–water partition coefficient (Wildman–Crippen LogP) is 1.94. The van der Waals surface area contributed by atoms with E-state index in [1.807, 2.05) is 60.7 Å². The van der Waals surface area contributed by atoms with Crippen LogP contribution in [0.25, 0.3) is 0 Å². The molecule has 0 aliphatic carbocycles. The molecule has 6 heteroatoms. The van der Waals surface area contributed by atoms with Crippen molar-refractivity contribution in [3.8, 4) is 0 Å². The van der Waals surface area contributed by atoms with Gasteiger partial charge in [-0.3, -0.25) is 0 Å². The third-order valence-electron chi connectivity index (χ3n) is 4.67. The molecule has 0 radical (unpaired) electrons. The molecule has 138 valence electrons. The van der Waals surface area contributed by atoms with E-state index in [-0.39, 0.29) is 0 Å². The molecule has 26 heavy (non-hydrogen) atoms. The number of ether oxygens (including phenoxy) is 4. The van der Waals surface area contributed by atoms with E-state index in [2.05, 4.69) is 0 Å². The predicted molar refractivity (Wildman–Crippen MR) is 92.0 cm³/mol. The van der Waals surface area contributed by atoms with Gasteiger partial charge in [0.15, 0.2) is 12.6 Å². The summed E-state index contributed by atoms with van der Waals surface area (Å²) >= 11 is 0. The Morgan fingerprint density at radius 2 is 1.46 bits per heavy atom. The largest absolute Gasteiger partial charge is 0.394 e. The molecular formula is C20H22O6. The summed E-state index contributed by atoms with van der Waals surface area (Å²) in [7, 11) is 0. The van der Waals surface area contributed by atoms with Crippen molar-refractivity contribution in [1.82, 2.24) is 0 Å². The quantitative estimate of drug-likeness (QED) is 0.870. The minimum Gasteiger partial charge on any atom is -0.394 e. The smallest absolute Gasteiger partial charge is 0.184 e. The molecule has 0 spiro atoms. The van der Waals surface area contributed by atoms with E-state index in [4.69, 9.17) is 18.9 Å². The molecule has 2 saturated heterocycles. The lowest BCUT2D eigenvalue weighted by Crippen LogP contribution is -2.58. The molecule has 0 bridgehead atoms. The lowest BCUT2D eigenvalue weighted by Gasteiger charge is -2.47. The van der Waals surface area contributed by atoms with Gasteiger partial charge in [-0.05, 0) is 0 Å². The molecule has 2 aliphatic heterocycles. The number of rotatable bonds is 4. The SMILES string of the molecule is OC[C@@H](O)[C@H]1OC(c2ccccc2)O[C@@H]2COC(c3ccccc3)O[C@H]12. The fourth-order valence-corrected chi connectivity index (χ4v) is 3.33. The molecule has 2 aliphatic rings. The second-order valence-electron chi connectivity index (χ2n) is 6.44. The summed E-state index contributed by atoms with van der Waals surface area (Å²) in [6.07, 6.45) is -3.96. The van der Waals surface area contributed by atoms with Crippen molar-refractivity contribution in [3.05, 3.63) is 71.8 Å². The Labute approximate surface area is 151 Å². The van der Waals surface area contributed by atoms with Crippen LogP contribution in [0.15, 0.2) is 60.7 Å². The Balaban J connectivity index is 1.56. The van der Waals surface area contributed by atoms with Gasteiger partial charge in [-0.2, -0.15) is 0 Å². The molecule has 2 heterocycles. The molecule has 2 unspecified atom stereocenters. The highest BCUT2D eigenvalue weighted by atomic mass is 16.8. The maximum atomic E-state index is 10.3. The van der Waals surface area contributed by atoms with E-state index >= 15 is 0 Å². The van der Waals surface area contributed by atoms with Gasteiger partial charge in [-0.25, -0.2) is 0 Å². The third kappa shape index (κ3) is 3.53. The number of aliphatic hydroxyl groups excluding tert-OH is 2. The van der Waals surface area contributed by atoms with Gasteiger partial charge in [0.1, 0.15) is 24.4 Å². The average Bonchev–Trinajstić information content (AvgIpc) is 2.73. The number of fused-ring (bicyclic) bond motifs is 1. The highest BCUT2D eigenvalue weighted by molar-refractivity contribution is 5.18. The van der Waals surface area contributed by atoms with Crippen LogP contribution in [-0.4, -0.2) is 47.8 Å². The van der Waals surface area contributed by atoms with Crippen LogP contribution in [0.1, 0.15) is 23.7 Å².